The van der Waals surface area contributed by atoms with E-state index in [0.29, 0.717) is 24.4 Å². The Bertz CT molecular complexity index is 1780. The summed E-state index contributed by atoms with van der Waals surface area (Å²) in [6, 6.07) is 13.6. The van der Waals surface area contributed by atoms with Crippen molar-refractivity contribution in [3.05, 3.63) is 106 Å². The van der Waals surface area contributed by atoms with Crippen molar-refractivity contribution in [2.75, 3.05) is 64.0 Å². The molecule has 1 amide bonds. The largest absolute Gasteiger partial charge is 0.453 e. The van der Waals surface area contributed by atoms with Gasteiger partial charge in [0.2, 0.25) is 0 Å². The van der Waals surface area contributed by atoms with Gasteiger partial charge in [0.15, 0.2) is 11.6 Å². The van der Waals surface area contributed by atoms with Gasteiger partial charge in [0.25, 0.3) is 11.5 Å². The molecule has 3 N–H and O–H groups in total. The summed E-state index contributed by atoms with van der Waals surface area (Å²) in [7, 11) is 1.70. The van der Waals surface area contributed by atoms with Crippen molar-refractivity contribution in [3.8, 4) is 29.0 Å². The zero-order chi connectivity index (χ0) is 31.8. The lowest BCUT2D eigenvalue weighted by Crippen LogP contribution is -2.47. The monoisotopic (exact) mass is 614 g/mol. The summed E-state index contributed by atoms with van der Waals surface area (Å²) < 4.78 is 40.7. The molecule has 1 aliphatic rings. The van der Waals surface area contributed by atoms with E-state index in [1.165, 1.54) is 65.5 Å². The number of rotatable bonds is 9. The summed E-state index contributed by atoms with van der Waals surface area (Å²) in [5.74, 6) is 4.48. The van der Waals surface area contributed by atoms with Gasteiger partial charge in [0.05, 0.1) is 13.2 Å². The fourth-order valence-corrected chi connectivity index (χ4v) is 4.75. The lowest BCUT2D eigenvalue weighted by molar-refractivity contribution is 0.102. The van der Waals surface area contributed by atoms with Crippen LogP contribution < -0.4 is 21.3 Å². The minimum Gasteiger partial charge on any atom is -0.453 e. The first-order valence-electron chi connectivity index (χ1n) is 14.3. The number of nitrogens with one attached hydrogen (secondary N) is 1. The number of carbonyl (C=O) groups excluding carboxylic acids is 1. The molecule has 0 atom stereocenters. The third-order valence-corrected chi connectivity index (χ3v) is 7.24. The van der Waals surface area contributed by atoms with Crippen molar-refractivity contribution in [2.24, 2.45) is 0 Å². The Morgan fingerprint density at radius 3 is 2.51 bits per heavy atom. The molecule has 1 fully saturated rings. The van der Waals surface area contributed by atoms with Crippen molar-refractivity contribution >= 4 is 17.4 Å². The fraction of sp³-hybridized carbons (Fsp3) is 0.242. The number of aromatic nitrogens is 2. The Balaban J connectivity index is 1.25. The highest BCUT2D eigenvalue weighted by Crippen LogP contribution is 2.30. The molecule has 0 aliphatic carbocycles. The summed E-state index contributed by atoms with van der Waals surface area (Å²) >= 11 is 0. The summed E-state index contributed by atoms with van der Waals surface area (Å²) in [4.78, 5) is 34.6. The van der Waals surface area contributed by atoms with Crippen molar-refractivity contribution in [1.82, 2.24) is 19.4 Å². The zero-order valence-corrected chi connectivity index (χ0v) is 24.6. The van der Waals surface area contributed by atoms with Crippen LogP contribution in [0.3, 0.4) is 0 Å². The Morgan fingerprint density at radius 2 is 1.78 bits per heavy atom. The minimum absolute atomic E-state index is 0.109. The van der Waals surface area contributed by atoms with E-state index in [1.807, 2.05) is 0 Å². The molecule has 12 heteroatoms. The number of methoxy groups -OCH3 is 1. The molecular formula is C33H32F2N6O4. The number of nitrogens with zero attached hydrogens (tertiary/aromatic N) is 4. The second kappa shape index (κ2) is 14.6. The van der Waals surface area contributed by atoms with Gasteiger partial charge in [-0.3, -0.25) is 24.0 Å². The average Bonchev–Trinajstić information content (AvgIpc) is 3.03. The number of amides is 1. The van der Waals surface area contributed by atoms with Crippen LogP contribution in [0.2, 0.25) is 0 Å². The molecule has 0 bridgehead atoms. The quantitative estimate of drug-likeness (QED) is 0.274. The average molecular weight is 615 g/mol. The fourth-order valence-electron chi connectivity index (χ4n) is 4.75. The third-order valence-electron chi connectivity index (χ3n) is 7.24. The van der Waals surface area contributed by atoms with Gasteiger partial charge in [-0.15, -0.1) is 0 Å². The Kier molecular flexibility index (Phi) is 10.2. The van der Waals surface area contributed by atoms with Crippen LogP contribution >= 0.6 is 0 Å². The molecule has 2 aromatic heterocycles. The molecule has 2 aromatic carbocycles. The highest BCUT2D eigenvalue weighted by molar-refractivity contribution is 6.04. The SMILES string of the molecule is COCCN1CCN(CC#Cc2c(Oc3ccc(NC(=O)c4cccn(-c5ccc(F)cc5)c4=O)cc3F)ccnc2N)CC1. The summed E-state index contributed by atoms with van der Waals surface area (Å²) in [6.45, 7) is 5.77. The molecule has 232 valence electrons. The molecule has 1 aliphatic heterocycles. The maximum atomic E-state index is 15.1. The Labute approximate surface area is 259 Å². The van der Waals surface area contributed by atoms with Gasteiger partial charge < -0.3 is 20.5 Å². The van der Waals surface area contributed by atoms with E-state index in [1.54, 1.807) is 13.2 Å². The van der Waals surface area contributed by atoms with Crippen LogP contribution in [-0.2, 0) is 4.74 Å². The number of nitrogens with two attached hydrogens (primary N) is 1. The van der Waals surface area contributed by atoms with Crippen LogP contribution in [0.5, 0.6) is 11.5 Å². The first kappa shape index (κ1) is 31.3. The number of nitrogen functional groups attached to an aromatic ring is 1. The number of benzene rings is 2. The normalized spacial score (nSPS) is 13.6. The van der Waals surface area contributed by atoms with Gasteiger partial charge in [0, 0.05) is 75.7 Å². The Hall–Kier alpha value is -5.09. The molecule has 45 heavy (non-hydrogen) atoms. The molecule has 10 nitrogen and oxygen atoms in total. The molecule has 5 rings (SSSR count). The first-order valence-corrected chi connectivity index (χ1v) is 14.3. The molecule has 0 saturated carbocycles. The first-order chi connectivity index (χ1) is 21.8. The number of ether oxygens (including phenoxy) is 2. The number of hydrogen-bond acceptors (Lipinski definition) is 8. The molecule has 0 radical (unpaired) electrons. The van der Waals surface area contributed by atoms with Crippen molar-refractivity contribution in [1.29, 1.82) is 0 Å². The van der Waals surface area contributed by atoms with Crippen molar-refractivity contribution in [2.45, 2.75) is 0 Å². The predicted octanol–water partition coefficient (Wildman–Crippen LogP) is 3.75. The predicted molar refractivity (Wildman–Crippen MR) is 167 cm³/mol. The van der Waals surface area contributed by atoms with E-state index >= 15 is 4.39 Å². The smallest absolute Gasteiger partial charge is 0.267 e. The molecule has 4 aromatic rings. The van der Waals surface area contributed by atoms with Gasteiger partial charge in [0.1, 0.15) is 28.5 Å². The van der Waals surface area contributed by atoms with E-state index in [2.05, 4.69) is 31.9 Å². The third kappa shape index (κ3) is 7.90. The lowest BCUT2D eigenvalue weighted by Gasteiger charge is -2.33. The van der Waals surface area contributed by atoms with E-state index in [4.69, 9.17) is 15.2 Å². The summed E-state index contributed by atoms with van der Waals surface area (Å²) in [5, 5.41) is 2.54. The highest BCUT2D eigenvalue weighted by atomic mass is 19.1. The van der Waals surface area contributed by atoms with Gasteiger partial charge in [-0.2, -0.15) is 0 Å². The van der Waals surface area contributed by atoms with Crippen LogP contribution in [0, 0.1) is 23.5 Å². The maximum Gasteiger partial charge on any atom is 0.267 e. The van der Waals surface area contributed by atoms with Gasteiger partial charge in [-0.25, -0.2) is 13.8 Å². The number of halogens is 2. The molecule has 1 saturated heterocycles. The number of pyridine rings is 2. The van der Waals surface area contributed by atoms with E-state index in [0.717, 1.165) is 38.8 Å². The number of piperazine rings is 1. The molecule has 0 unspecified atom stereocenters. The van der Waals surface area contributed by atoms with Crippen molar-refractivity contribution < 1.29 is 23.0 Å². The van der Waals surface area contributed by atoms with Crippen LogP contribution in [0.1, 0.15) is 15.9 Å². The molecule has 3 heterocycles. The van der Waals surface area contributed by atoms with Gasteiger partial charge >= 0.3 is 0 Å². The summed E-state index contributed by atoms with van der Waals surface area (Å²) in [6.07, 6.45) is 2.91. The highest BCUT2D eigenvalue weighted by Gasteiger charge is 2.17. The zero-order valence-electron chi connectivity index (χ0n) is 24.6. The molecule has 0 spiro atoms. The number of anilines is 2. The standard InChI is InChI=1S/C33H32F2N6O4/c1-44-21-20-40-18-16-39(17-19-40)14-2-4-26-29(12-13-37-31(26)36)45-30-11-8-24(22-28(30)35)38-32(42)27-5-3-15-41(33(27)43)25-9-6-23(34)7-10-25/h3,5-13,15,22H,14,16-21H2,1H3,(H2,36,37)(H,38,42). The number of carbonyl (C=O) groups is 1. The van der Waals surface area contributed by atoms with E-state index in [9.17, 15) is 14.0 Å². The van der Waals surface area contributed by atoms with Gasteiger partial charge in [-0.1, -0.05) is 11.8 Å². The van der Waals surface area contributed by atoms with Crippen molar-refractivity contribution in [3.63, 3.8) is 0 Å². The van der Waals surface area contributed by atoms with Crippen LogP contribution in [0.15, 0.2) is 77.9 Å². The minimum atomic E-state index is -0.759. The second-order valence-electron chi connectivity index (χ2n) is 10.3. The van der Waals surface area contributed by atoms with E-state index in [-0.39, 0.29) is 28.6 Å². The Morgan fingerprint density at radius 1 is 1.02 bits per heavy atom. The lowest BCUT2D eigenvalue weighted by atomic mass is 10.2. The van der Waals surface area contributed by atoms with Crippen LogP contribution in [-0.4, -0.2) is 78.2 Å². The second-order valence-corrected chi connectivity index (χ2v) is 10.3. The van der Waals surface area contributed by atoms with E-state index < -0.39 is 23.1 Å². The molecular weight excluding hydrogens is 582 g/mol. The number of hydrogen-bond donors (Lipinski definition) is 2. The topological polar surface area (TPSA) is 115 Å². The maximum absolute atomic E-state index is 15.1. The van der Waals surface area contributed by atoms with Crippen LogP contribution in [0.25, 0.3) is 5.69 Å². The summed E-state index contributed by atoms with van der Waals surface area (Å²) in [5.41, 5.74) is 6.14. The van der Waals surface area contributed by atoms with Gasteiger partial charge in [-0.05, 0) is 48.5 Å². The van der Waals surface area contributed by atoms with Crippen LogP contribution in [0.4, 0.5) is 20.3 Å².